The van der Waals surface area contributed by atoms with Crippen LogP contribution in [0.4, 0.5) is 4.79 Å². The van der Waals surface area contributed by atoms with Gasteiger partial charge in [-0.25, -0.2) is 4.79 Å². The highest BCUT2D eigenvalue weighted by atomic mass is 35.5. The molecule has 1 fully saturated rings. The number of amides is 1. The van der Waals surface area contributed by atoms with Crippen molar-refractivity contribution < 1.29 is 27.2 Å². The molecule has 24 heavy (non-hydrogen) atoms. The number of carboxylic acid groups (broad SMARTS) is 1. The van der Waals surface area contributed by atoms with Gasteiger partial charge in [0.05, 0.1) is 35.6 Å². The molecule has 7 nitrogen and oxygen atoms in total. The monoisotopic (exact) mass is 397 g/mol. The van der Waals surface area contributed by atoms with Crippen LogP contribution < -0.4 is 0 Å². The van der Waals surface area contributed by atoms with Crippen molar-refractivity contribution in [2.75, 3.05) is 32.6 Å². The van der Waals surface area contributed by atoms with Gasteiger partial charge >= 0.3 is 6.09 Å². The molecule has 0 aliphatic carbocycles. The summed E-state index contributed by atoms with van der Waals surface area (Å²) in [4.78, 5) is 12.4. The number of benzene rings is 1. The Kier molecular flexibility index (Phi) is 6.33. The van der Waals surface area contributed by atoms with Crippen molar-refractivity contribution in [1.82, 2.24) is 4.90 Å². The first kappa shape index (κ1) is 19.3. The highest BCUT2D eigenvalue weighted by Gasteiger charge is 2.32. The van der Waals surface area contributed by atoms with Crippen LogP contribution in [-0.4, -0.2) is 57.1 Å². The van der Waals surface area contributed by atoms with E-state index in [0.717, 1.165) is 6.26 Å². The lowest BCUT2D eigenvalue weighted by Gasteiger charge is -2.26. The average molecular weight is 398 g/mol. The smallest absolute Gasteiger partial charge is 0.407 e. The molecule has 2 rings (SSSR count). The molecular formula is C14H17Cl2NO6S. The molecule has 1 heterocycles. The third-order valence-electron chi connectivity index (χ3n) is 3.58. The quantitative estimate of drug-likeness (QED) is 0.784. The van der Waals surface area contributed by atoms with Crippen LogP contribution in [0.1, 0.15) is 11.7 Å². The van der Waals surface area contributed by atoms with Crippen molar-refractivity contribution in [3.05, 3.63) is 33.8 Å². The van der Waals surface area contributed by atoms with Gasteiger partial charge in [0.15, 0.2) is 0 Å². The minimum absolute atomic E-state index is 0.0791. The van der Waals surface area contributed by atoms with Gasteiger partial charge in [-0.05, 0) is 17.7 Å². The lowest BCUT2D eigenvalue weighted by atomic mass is 9.96. The first-order chi connectivity index (χ1) is 11.2. The van der Waals surface area contributed by atoms with Crippen LogP contribution in [0.5, 0.6) is 0 Å². The summed E-state index contributed by atoms with van der Waals surface area (Å²) in [5.41, 5.74) is 0.679. The highest BCUT2D eigenvalue weighted by Crippen LogP contribution is 2.33. The molecule has 1 aliphatic heterocycles. The Balaban J connectivity index is 2.29. The van der Waals surface area contributed by atoms with E-state index in [9.17, 15) is 18.3 Å². The second-order valence-corrected chi connectivity index (χ2v) is 7.90. The number of hydrogen-bond donors (Lipinski definition) is 1. The Hall–Kier alpha value is -1.06. The van der Waals surface area contributed by atoms with Gasteiger partial charge in [0.25, 0.3) is 10.1 Å². The summed E-state index contributed by atoms with van der Waals surface area (Å²) in [5.74, 6) is -0.518. The molecule has 0 aromatic heterocycles. The molecule has 0 spiro atoms. The molecule has 1 N–H and O–H groups in total. The number of halogens is 2. The summed E-state index contributed by atoms with van der Waals surface area (Å²) in [6.07, 6.45) is -0.725. The topological polar surface area (TPSA) is 93.1 Å². The maximum absolute atomic E-state index is 11.3. The summed E-state index contributed by atoms with van der Waals surface area (Å²) in [7, 11) is -3.66. The van der Waals surface area contributed by atoms with Crippen LogP contribution in [0.15, 0.2) is 18.2 Å². The van der Waals surface area contributed by atoms with E-state index >= 15 is 0 Å². The Morgan fingerprint density at radius 1 is 1.42 bits per heavy atom. The van der Waals surface area contributed by atoms with Crippen LogP contribution in [0.2, 0.25) is 10.0 Å². The molecule has 0 radical (unpaired) electrons. The van der Waals surface area contributed by atoms with Gasteiger partial charge in [0.2, 0.25) is 0 Å². The fourth-order valence-corrected chi connectivity index (χ4v) is 3.21. The molecule has 1 amide bonds. The molecule has 1 aromatic rings. The van der Waals surface area contributed by atoms with Crippen molar-refractivity contribution in [3.8, 4) is 0 Å². The maximum Gasteiger partial charge on any atom is 0.407 e. The number of nitrogens with zero attached hydrogens (tertiary/aromatic N) is 1. The second kappa shape index (κ2) is 7.88. The van der Waals surface area contributed by atoms with Gasteiger partial charge in [-0.15, -0.1) is 0 Å². The zero-order chi connectivity index (χ0) is 17.9. The van der Waals surface area contributed by atoms with Gasteiger partial charge in [-0.2, -0.15) is 8.42 Å². The average Bonchev–Trinajstić information content (AvgIpc) is 2.70. The van der Waals surface area contributed by atoms with Crippen molar-refractivity contribution in [2.24, 2.45) is 5.92 Å². The third-order valence-corrected chi connectivity index (χ3v) is 4.88. The molecule has 1 saturated heterocycles. The van der Waals surface area contributed by atoms with Crippen molar-refractivity contribution in [3.63, 3.8) is 0 Å². The van der Waals surface area contributed by atoms with Crippen molar-refractivity contribution >= 4 is 39.4 Å². The fourth-order valence-electron chi connectivity index (χ4n) is 2.48. The fraction of sp³-hybridized carbons (Fsp3) is 0.500. The lowest BCUT2D eigenvalue weighted by Crippen LogP contribution is -2.36. The molecule has 1 aromatic carbocycles. The Bertz CT molecular complexity index is 711. The van der Waals surface area contributed by atoms with Gasteiger partial charge in [-0.1, -0.05) is 29.3 Å². The van der Waals surface area contributed by atoms with Crippen LogP contribution in [0, 0.1) is 5.92 Å². The van der Waals surface area contributed by atoms with Crippen LogP contribution in [-0.2, 0) is 19.0 Å². The summed E-state index contributed by atoms with van der Waals surface area (Å²) >= 11 is 11.9. The van der Waals surface area contributed by atoms with Gasteiger partial charge in [0, 0.05) is 19.0 Å². The molecular weight excluding hydrogens is 381 g/mol. The Labute approximate surface area is 150 Å². The van der Waals surface area contributed by atoms with Crippen LogP contribution >= 0.6 is 23.2 Å². The summed E-state index contributed by atoms with van der Waals surface area (Å²) in [6.45, 7) is 0.235. The van der Waals surface area contributed by atoms with E-state index in [2.05, 4.69) is 0 Å². The zero-order valence-electron chi connectivity index (χ0n) is 12.8. The van der Waals surface area contributed by atoms with Crippen LogP contribution in [0.25, 0.3) is 0 Å². The van der Waals surface area contributed by atoms with Crippen molar-refractivity contribution in [2.45, 2.75) is 6.10 Å². The highest BCUT2D eigenvalue weighted by molar-refractivity contribution is 7.85. The summed E-state index contributed by atoms with van der Waals surface area (Å²) in [5, 5.41) is 9.93. The number of carbonyl (C=O) groups is 1. The minimum Gasteiger partial charge on any atom is -0.465 e. The molecule has 0 saturated carbocycles. The first-order valence-electron chi connectivity index (χ1n) is 7.06. The standard InChI is InChI=1S/C14H17Cl2NO6S/c1-24(20,21)23-8-10-7-17(14(18)19)4-5-22-13(10)9-2-3-11(15)12(16)6-9/h2-3,6,10,13H,4-5,7-8H2,1H3,(H,18,19). The van der Waals surface area contributed by atoms with E-state index in [4.69, 9.17) is 32.1 Å². The Morgan fingerprint density at radius 2 is 2.12 bits per heavy atom. The van der Waals surface area contributed by atoms with E-state index in [1.807, 2.05) is 0 Å². The lowest BCUT2D eigenvalue weighted by molar-refractivity contribution is 0.0163. The van der Waals surface area contributed by atoms with E-state index in [0.29, 0.717) is 15.6 Å². The van der Waals surface area contributed by atoms with E-state index in [1.165, 1.54) is 4.90 Å². The van der Waals surface area contributed by atoms with Crippen LogP contribution in [0.3, 0.4) is 0 Å². The SMILES string of the molecule is CS(=O)(=O)OCC1CN(C(=O)O)CCOC1c1ccc(Cl)c(Cl)c1. The molecule has 2 unspecified atom stereocenters. The molecule has 10 heteroatoms. The normalized spacial score (nSPS) is 22.2. The summed E-state index contributed by atoms with van der Waals surface area (Å²) < 4.78 is 33.2. The Morgan fingerprint density at radius 3 is 2.71 bits per heavy atom. The van der Waals surface area contributed by atoms with E-state index < -0.39 is 28.2 Å². The first-order valence-corrected chi connectivity index (χ1v) is 9.63. The molecule has 0 bridgehead atoms. The van der Waals surface area contributed by atoms with Gasteiger partial charge in [-0.3, -0.25) is 4.18 Å². The molecule has 2 atom stereocenters. The number of ether oxygens (including phenoxy) is 1. The summed E-state index contributed by atoms with van der Waals surface area (Å²) in [6, 6.07) is 4.94. The minimum atomic E-state index is -3.66. The zero-order valence-corrected chi connectivity index (χ0v) is 15.1. The predicted molar refractivity (Wildman–Crippen MR) is 89.0 cm³/mol. The van der Waals surface area contributed by atoms with E-state index in [-0.39, 0.29) is 26.3 Å². The van der Waals surface area contributed by atoms with Gasteiger partial charge in [0.1, 0.15) is 0 Å². The largest absolute Gasteiger partial charge is 0.465 e. The maximum atomic E-state index is 11.3. The van der Waals surface area contributed by atoms with Gasteiger partial charge < -0.3 is 14.7 Å². The van der Waals surface area contributed by atoms with Crippen molar-refractivity contribution in [1.29, 1.82) is 0 Å². The third kappa shape index (κ3) is 5.22. The molecule has 1 aliphatic rings. The van der Waals surface area contributed by atoms with E-state index in [1.54, 1.807) is 18.2 Å². The number of hydrogen-bond acceptors (Lipinski definition) is 5. The predicted octanol–water partition coefficient (Wildman–Crippen LogP) is 2.64. The molecule has 134 valence electrons. The second-order valence-electron chi connectivity index (χ2n) is 5.44. The number of rotatable bonds is 4.